The van der Waals surface area contributed by atoms with Crippen molar-refractivity contribution in [3.05, 3.63) is 89.2 Å². The molecule has 0 radical (unpaired) electrons. The van der Waals surface area contributed by atoms with Gasteiger partial charge in [0.25, 0.3) is 5.92 Å². The zero-order chi connectivity index (χ0) is 36.5. The lowest BCUT2D eigenvalue weighted by Gasteiger charge is -2.32. The Morgan fingerprint density at radius 2 is 1.43 bits per heavy atom. The molecule has 12 heteroatoms. The van der Waals surface area contributed by atoms with Gasteiger partial charge in [-0.1, -0.05) is 47.6 Å². The number of hydrogen-bond acceptors (Lipinski definition) is 10. The molecule has 6 aliphatic carbocycles. The Morgan fingerprint density at radius 1 is 0.741 bits per heavy atom. The van der Waals surface area contributed by atoms with E-state index in [0.29, 0.717) is 54.0 Å². The second kappa shape index (κ2) is 13.5. The zero-order valence-electron chi connectivity index (χ0n) is 30.9. The molecule has 0 spiro atoms. The van der Waals surface area contributed by atoms with Crippen LogP contribution in [0.2, 0.25) is 0 Å². The molecule has 5 N–H and O–H groups in total. The van der Waals surface area contributed by atoms with Crippen LogP contribution in [0.15, 0.2) is 63.5 Å². The van der Waals surface area contributed by atoms with Gasteiger partial charge in [-0.05, 0) is 100 Å². The zero-order valence-corrected chi connectivity index (χ0v) is 30.9. The van der Waals surface area contributed by atoms with Gasteiger partial charge in [0.05, 0.1) is 11.5 Å². The maximum absolute atomic E-state index is 14.3. The fourth-order valence-electron chi connectivity index (χ4n) is 9.37. The van der Waals surface area contributed by atoms with Crippen molar-refractivity contribution in [2.75, 3.05) is 18.4 Å². The first kappa shape index (κ1) is 34.7. The van der Waals surface area contributed by atoms with Gasteiger partial charge in [0.15, 0.2) is 5.82 Å². The van der Waals surface area contributed by atoms with E-state index >= 15 is 0 Å². The second-order valence-electron chi connectivity index (χ2n) is 17.7. The highest BCUT2D eigenvalue weighted by Crippen LogP contribution is 2.51. The Hall–Kier alpha value is -3.74. The Kier molecular flexibility index (Phi) is 8.67. The average molecular weight is 739 g/mol. The summed E-state index contributed by atoms with van der Waals surface area (Å²) in [6.07, 6.45) is 11.2. The van der Waals surface area contributed by atoms with Gasteiger partial charge in [-0.25, -0.2) is 8.78 Å². The van der Waals surface area contributed by atoms with Crippen molar-refractivity contribution in [3.63, 3.8) is 0 Å². The third-order valence-electron chi connectivity index (χ3n) is 13.7. The van der Waals surface area contributed by atoms with Crippen molar-refractivity contribution < 1.29 is 17.7 Å². The first-order chi connectivity index (χ1) is 26.3. The summed E-state index contributed by atoms with van der Waals surface area (Å²) < 4.78 is 40.5. The molecule has 10 rings (SSSR count). The van der Waals surface area contributed by atoms with Crippen LogP contribution in [0.5, 0.6) is 0 Å². The van der Waals surface area contributed by atoms with Crippen LogP contribution >= 0.6 is 0 Å². The molecule has 2 unspecified atom stereocenters. The van der Waals surface area contributed by atoms with E-state index in [9.17, 15) is 8.78 Å². The van der Waals surface area contributed by atoms with Crippen LogP contribution < -0.4 is 21.7 Å². The predicted octanol–water partition coefficient (Wildman–Crippen LogP) is 7.18. The molecule has 2 heterocycles. The topological polar surface area (TPSA) is 140 Å². The van der Waals surface area contributed by atoms with Gasteiger partial charge in [0.1, 0.15) is 0 Å². The molecule has 6 aliphatic rings. The van der Waals surface area contributed by atoms with E-state index in [1.165, 1.54) is 23.2 Å². The lowest BCUT2D eigenvalue weighted by molar-refractivity contribution is -0.0612. The number of benzene rings is 2. The molecule has 6 saturated carbocycles. The number of nitrogens with two attached hydrogens (primary N) is 1. The van der Waals surface area contributed by atoms with Gasteiger partial charge in [-0.15, -0.1) is 10.2 Å². The van der Waals surface area contributed by atoms with Gasteiger partial charge < -0.3 is 30.6 Å². The monoisotopic (exact) mass is 738 g/mol. The van der Waals surface area contributed by atoms with E-state index in [0.717, 1.165) is 82.7 Å². The quantitative estimate of drug-likeness (QED) is 0.105. The number of hydrogen-bond donors (Lipinski definition) is 4. The number of nitrogens with zero attached hydrogens (tertiary/aromatic N) is 4. The highest BCUT2D eigenvalue weighted by Gasteiger charge is 2.53. The Morgan fingerprint density at radius 3 is 2.15 bits per heavy atom. The highest BCUT2D eigenvalue weighted by atomic mass is 19.3. The number of anilines is 1. The summed E-state index contributed by atoms with van der Waals surface area (Å²) >= 11 is 0. The van der Waals surface area contributed by atoms with Gasteiger partial charge in [0, 0.05) is 72.4 Å². The van der Waals surface area contributed by atoms with Crippen molar-refractivity contribution in [3.8, 4) is 0 Å². The van der Waals surface area contributed by atoms with E-state index in [-0.39, 0.29) is 23.7 Å². The van der Waals surface area contributed by atoms with Crippen molar-refractivity contribution in [1.82, 2.24) is 31.0 Å². The van der Waals surface area contributed by atoms with Gasteiger partial charge in [-0.3, -0.25) is 0 Å². The Balaban J connectivity index is 0.677. The molecule has 54 heavy (non-hydrogen) atoms. The number of aromatic nitrogens is 4. The van der Waals surface area contributed by atoms with Gasteiger partial charge >= 0.3 is 0 Å². The van der Waals surface area contributed by atoms with Crippen LogP contribution in [0.3, 0.4) is 0 Å². The highest BCUT2D eigenvalue weighted by molar-refractivity contribution is 5.49. The standard InChI is InChI=1S/C42H52F2N8O2/c43-42(44)22-28(11-14-35(42)45)36-49-38(52-54-36)40(15-16-40)23-46-34-21-32(34)27-7-4-8-30(19-27)48-29-12-9-26(10-13-29)37-50-51-39(53-37)41(17-18-41)24-47-33-20-31(33)25-5-2-1-3-6-25/h1-8,19,26,28-29,31-35,46-48H,9-18,20-24,45H2/t26?,28?,29?,31-,32-,33+,34+,35?/m0/s1. The largest absolute Gasteiger partial charge is 0.424 e. The molecule has 2 aromatic heterocycles. The summed E-state index contributed by atoms with van der Waals surface area (Å²) in [5.74, 6) is 0.746. The fraction of sp³-hybridized carbons (Fsp3) is 0.619. The van der Waals surface area contributed by atoms with E-state index in [1.54, 1.807) is 0 Å². The minimum absolute atomic E-state index is 0.0153. The second-order valence-corrected chi connectivity index (χ2v) is 17.7. The smallest absolute Gasteiger partial charge is 0.263 e. The molecule has 0 saturated heterocycles. The number of halogens is 2. The van der Waals surface area contributed by atoms with Crippen molar-refractivity contribution in [2.24, 2.45) is 5.73 Å². The molecule has 0 amide bonds. The molecule has 6 fully saturated rings. The summed E-state index contributed by atoms with van der Waals surface area (Å²) in [7, 11) is 0. The first-order valence-electron chi connectivity index (χ1n) is 20.5. The van der Waals surface area contributed by atoms with Crippen molar-refractivity contribution in [2.45, 2.75) is 148 Å². The molecule has 10 nitrogen and oxygen atoms in total. The van der Waals surface area contributed by atoms with Crippen molar-refractivity contribution >= 4 is 5.69 Å². The molecule has 4 aromatic rings. The molecule has 2 aromatic carbocycles. The van der Waals surface area contributed by atoms with Crippen molar-refractivity contribution in [1.29, 1.82) is 0 Å². The number of nitrogens with one attached hydrogen (secondary N) is 3. The molecule has 6 atom stereocenters. The summed E-state index contributed by atoms with van der Waals surface area (Å²) in [4.78, 5) is 4.65. The summed E-state index contributed by atoms with van der Waals surface area (Å²) in [5, 5.41) is 24.8. The van der Waals surface area contributed by atoms with E-state index in [1.807, 2.05) is 0 Å². The number of alkyl halides is 2. The summed E-state index contributed by atoms with van der Waals surface area (Å²) in [6.45, 7) is 1.69. The Bertz CT molecular complexity index is 1930. The third-order valence-corrected chi connectivity index (χ3v) is 13.7. The van der Waals surface area contributed by atoms with Crippen LogP contribution in [0.1, 0.15) is 142 Å². The number of rotatable bonds is 14. The molecule has 0 bridgehead atoms. The first-order valence-corrected chi connectivity index (χ1v) is 20.5. The molecule has 0 aliphatic heterocycles. The SMILES string of the molecule is NC1CCC(c2nc(C3(CN[C@@H]4C[C@H]4c4cccc(NC5CCC(c6nnc(C7(CN[C@@H]8C[C@H]8c8ccccc8)CC7)o6)CC5)c4)CC3)no2)CC1(F)F. The molecular weight excluding hydrogens is 687 g/mol. The van der Waals surface area contributed by atoms with Crippen LogP contribution in [0.25, 0.3) is 0 Å². The lowest BCUT2D eigenvalue weighted by atomic mass is 9.83. The van der Waals surface area contributed by atoms with E-state index in [2.05, 4.69) is 90.9 Å². The van der Waals surface area contributed by atoms with Crippen LogP contribution in [-0.2, 0) is 10.8 Å². The summed E-state index contributed by atoms with van der Waals surface area (Å²) in [5.41, 5.74) is 9.46. The molecular formula is C42H52F2N8O2. The average Bonchev–Trinajstić information content (AvgIpc) is 4.09. The van der Waals surface area contributed by atoms with Gasteiger partial charge in [0.2, 0.25) is 17.7 Å². The Labute approximate surface area is 315 Å². The van der Waals surface area contributed by atoms with Crippen LogP contribution in [-0.4, -0.2) is 63.5 Å². The third kappa shape index (κ3) is 6.98. The van der Waals surface area contributed by atoms with E-state index in [4.69, 9.17) is 14.7 Å². The minimum Gasteiger partial charge on any atom is -0.424 e. The van der Waals surface area contributed by atoms with Crippen LogP contribution in [0, 0.1) is 0 Å². The molecule has 286 valence electrons. The summed E-state index contributed by atoms with van der Waals surface area (Å²) in [6, 6.07) is 20.0. The van der Waals surface area contributed by atoms with Gasteiger partial charge in [-0.2, -0.15) is 4.98 Å². The fourth-order valence-corrected chi connectivity index (χ4v) is 9.37. The normalized spacial score (nSPS) is 32.9. The van der Waals surface area contributed by atoms with E-state index < -0.39 is 17.9 Å². The predicted molar refractivity (Wildman–Crippen MR) is 200 cm³/mol. The maximum atomic E-state index is 14.3. The maximum Gasteiger partial charge on any atom is 0.263 e. The minimum atomic E-state index is -2.90. The van der Waals surface area contributed by atoms with Crippen LogP contribution in [0.4, 0.5) is 14.5 Å². The lowest BCUT2D eigenvalue weighted by Crippen LogP contribution is -2.45.